The lowest BCUT2D eigenvalue weighted by atomic mass is 9.99. The van der Waals surface area contributed by atoms with Crippen LogP contribution in [0.25, 0.3) is 0 Å². The highest BCUT2D eigenvalue weighted by Crippen LogP contribution is 2.21. The molecule has 0 bridgehead atoms. The third kappa shape index (κ3) is 4.93. The molecular weight excluding hydrogens is 342 g/mol. The van der Waals surface area contributed by atoms with Crippen LogP contribution in [0.5, 0.6) is 0 Å². The molecule has 27 heavy (non-hydrogen) atoms. The summed E-state index contributed by atoms with van der Waals surface area (Å²) >= 11 is 0. The van der Waals surface area contributed by atoms with Crippen molar-refractivity contribution in [2.24, 2.45) is 0 Å². The second-order valence-electron chi connectivity index (χ2n) is 6.71. The molecule has 1 aliphatic heterocycles. The molecule has 0 fully saturated rings. The summed E-state index contributed by atoms with van der Waals surface area (Å²) in [6.07, 6.45) is 0.962. The lowest BCUT2D eigenvalue weighted by Gasteiger charge is -2.32. The molecule has 1 unspecified atom stereocenters. The minimum atomic E-state index is -0.223. The van der Waals surface area contributed by atoms with Crippen molar-refractivity contribution in [3.05, 3.63) is 59.7 Å². The number of nitrogens with one attached hydrogen (secondary N) is 2. The normalized spacial score (nSPS) is 14.9. The number of carbonyl (C=O) groups excluding carboxylic acids is 2. The fourth-order valence-corrected chi connectivity index (χ4v) is 3.23. The fraction of sp³-hybridized carbons (Fsp3) is 0.333. The van der Waals surface area contributed by atoms with Gasteiger partial charge in [0.15, 0.2) is 0 Å². The topological polar surface area (TPSA) is 70.7 Å². The molecule has 0 saturated carbocycles. The summed E-state index contributed by atoms with van der Waals surface area (Å²) in [7, 11) is 1.47. The fourth-order valence-electron chi connectivity index (χ4n) is 3.23. The minimum Gasteiger partial charge on any atom is -0.375 e. The van der Waals surface area contributed by atoms with E-state index >= 15 is 0 Å². The van der Waals surface area contributed by atoms with E-state index in [0.717, 1.165) is 19.5 Å². The average molecular weight is 367 g/mol. The number of carbonyl (C=O) groups is 2. The molecule has 0 aromatic heterocycles. The molecule has 1 heterocycles. The monoisotopic (exact) mass is 367 g/mol. The Hall–Kier alpha value is -2.70. The summed E-state index contributed by atoms with van der Waals surface area (Å²) in [5.41, 5.74) is 4.02. The van der Waals surface area contributed by atoms with Gasteiger partial charge >= 0.3 is 0 Å². The van der Waals surface area contributed by atoms with E-state index in [2.05, 4.69) is 33.7 Å². The summed E-state index contributed by atoms with van der Waals surface area (Å²) in [6, 6.07) is 15.2. The Balaban J connectivity index is 1.56. The van der Waals surface area contributed by atoms with Crippen molar-refractivity contribution in [2.45, 2.75) is 25.9 Å². The summed E-state index contributed by atoms with van der Waals surface area (Å²) in [6.45, 7) is 3.60. The molecule has 6 heteroatoms. The zero-order valence-electron chi connectivity index (χ0n) is 15.7. The molecule has 2 N–H and O–H groups in total. The number of ether oxygens (including phenoxy) is 1. The van der Waals surface area contributed by atoms with Crippen LogP contribution in [0.2, 0.25) is 0 Å². The third-order valence-corrected chi connectivity index (χ3v) is 4.80. The van der Waals surface area contributed by atoms with Crippen LogP contribution in [0.15, 0.2) is 48.5 Å². The zero-order valence-corrected chi connectivity index (χ0v) is 15.7. The standard InChI is InChI=1S/C21H25N3O3/c1-15(24-12-11-16-5-3-4-6-17(16)13-24)21(26)23-19-9-7-18(8-10-19)22-20(25)14-27-2/h3-10,15H,11-14H2,1-2H3,(H,22,25)(H,23,26). The Kier molecular flexibility index (Phi) is 6.21. The van der Waals surface area contributed by atoms with Gasteiger partial charge in [0.05, 0.1) is 6.04 Å². The third-order valence-electron chi connectivity index (χ3n) is 4.80. The molecule has 0 saturated heterocycles. The quantitative estimate of drug-likeness (QED) is 0.823. The summed E-state index contributed by atoms with van der Waals surface area (Å²) in [5.74, 6) is -0.251. The first kappa shape index (κ1) is 19.1. The van der Waals surface area contributed by atoms with Gasteiger partial charge in [-0.15, -0.1) is 0 Å². The van der Waals surface area contributed by atoms with Crippen LogP contribution in [-0.2, 0) is 27.3 Å². The molecule has 1 aliphatic rings. The molecule has 1 atom stereocenters. The maximum atomic E-state index is 12.6. The van der Waals surface area contributed by atoms with E-state index < -0.39 is 0 Å². The maximum absolute atomic E-state index is 12.6. The number of nitrogens with zero attached hydrogens (tertiary/aromatic N) is 1. The molecule has 0 spiro atoms. The average Bonchev–Trinajstić information content (AvgIpc) is 2.68. The van der Waals surface area contributed by atoms with E-state index in [4.69, 9.17) is 4.74 Å². The smallest absolute Gasteiger partial charge is 0.250 e. The van der Waals surface area contributed by atoms with Gasteiger partial charge in [-0.1, -0.05) is 24.3 Å². The van der Waals surface area contributed by atoms with Gasteiger partial charge in [0.2, 0.25) is 11.8 Å². The Labute approximate surface area is 159 Å². The number of hydrogen-bond donors (Lipinski definition) is 2. The van der Waals surface area contributed by atoms with E-state index in [1.54, 1.807) is 24.3 Å². The first-order valence-electron chi connectivity index (χ1n) is 9.07. The number of methoxy groups -OCH3 is 1. The SMILES string of the molecule is COCC(=O)Nc1ccc(NC(=O)C(C)N2CCc3ccccc3C2)cc1. The van der Waals surface area contributed by atoms with Crippen molar-refractivity contribution >= 4 is 23.2 Å². The van der Waals surface area contributed by atoms with Crippen molar-refractivity contribution in [1.82, 2.24) is 4.90 Å². The Bertz CT molecular complexity index is 805. The summed E-state index contributed by atoms with van der Waals surface area (Å²) < 4.78 is 4.78. The summed E-state index contributed by atoms with van der Waals surface area (Å²) in [5, 5.41) is 5.67. The number of rotatable bonds is 6. The van der Waals surface area contributed by atoms with Gasteiger partial charge in [-0.2, -0.15) is 0 Å². The highest BCUT2D eigenvalue weighted by Gasteiger charge is 2.25. The minimum absolute atomic E-state index is 0.00889. The summed E-state index contributed by atoms with van der Waals surface area (Å²) in [4.78, 5) is 26.3. The highest BCUT2D eigenvalue weighted by molar-refractivity contribution is 5.95. The first-order chi connectivity index (χ1) is 13.1. The molecule has 2 aromatic rings. The Morgan fingerprint density at radius 1 is 1.04 bits per heavy atom. The molecule has 0 aliphatic carbocycles. The molecular formula is C21H25N3O3. The molecule has 6 nitrogen and oxygen atoms in total. The zero-order chi connectivity index (χ0) is 19.2. The largest absolute Gasteiger partial charge is 0.375 e. The van der Waals surface area contributed by atoms with E-state index in [0.29, 0.717) is 11.4 Å². The predicted molar refractivity (Wildman–Crippen MR) is 106 cm³/mol. The lowest BCUT2D eigenvalue weighted by Crippen LogP contribution is -2.44. The van der Waals surface area contributed by atoms with Crippen molar-refractivity contribution in [2.75, 3.05) is 30.9 Å². The predicted octanol–water partition coefficient (Wildman–Crippen LogP) is 2.66. The van der Waals surface area contributed by atoms with E-state index in [1.807, 2.05) is 13.0 Å². The van der Waals surface area contributed by atoms with Crippen LogP contribution in [0, 0.1) is 0 Å². The van der Waals surface area contributed by atoms with Crippen LogP contribution in [0.4, 0.5) is 11.4 Å². The number of fused-ring (bicyclic) bond motifs is 1. The molecule has 142 valence electrons. The van der Waals surface area contributed by atoms with Crippen LogP contribution in [-0.4, -0.2) is 43.0 Å². The molecule has 2 aromatic carbocycles. The maximum Gasteiger partial charge on any atom is 0.250 e. The Morgan fingerprint density at radius 2 is 1.67 bits per heavy atom. The van der Waals surface area contributed by atoms with E-state index in [9.17, 15) is 9.59 Å². The van der Waals surface area contributed by atoms with Crippen LogP contribution < -0.4 is 10.6 Å². The van der Waals surface area contributed by atoms with Gasteiger partial charge in [-0.05, 0) is 48.7 Å². The number of hydrogen-bond acceptors (Lipinski definition) is 4. The Morgan fingerprint density at radius 3 is 2.33 bits per heavy atom. The van der Waals surface area contributed by atoms with Gasteiger partial charge in [-0.25, -0.2) is 0 Å². The molecule has 3 rings (SSSR count). The van der Waals surface area contributed by atoms with Gasteiger partial charge in [-0.3, -0.25) is 14.5 Å². The first-order valence-corrected chi connectivity index (χ1v) is 9.07. The van der Waals surface area contributed by atoms with Crippen LogP contribution >= 0.6 is 0 Å². The molecule has 0 radical (unpaired) electrons. The second-order valence-corrected chi connectivity index (χ2v) is 6.71. The highest BCUT2D eigenvalue weighted by atomic mass is 16.5. The van der Waals surface area contributed by atoms with Crippen molar-refractivity contribution in [3.8, 4) is 0 Å². The number of anilines is 2. The van der Waals surface area contributed by atoms with Crippen molar-refractivity contribution < 1.29 is 14.3 Å². The van der Waals surface area contributed by atoms with Gasteiger partial charge in [0.25, 0.3) is 0 Å². The van der Waals surface area contributed by atoms with Crippen LogP contribution in [0.1, 0.15) is 18.1 Å². The van der Waals surface area contributed by atoms with Gasteiger partial charge < -0.3 is 15.4 Å². The number of amides is 2. The van der Waals surface area contributed by atoms with Gasteiger partial charge in [0.1, 0.15) is 6.61 Å². The van der Waals surface area contributed by atoms with Crippen molar-refractivity contribution in [1.29, 1.82) is 0 Å². The molecule has 2 amide bonds. The van der Waals surface area contributed by atoms with E-state index in [-0.39, 0.29) is 24.5 Å². The second kappa shape index (κ2) is 8.79. The van der Waals surface area contributed by atoms with Crippen molar-refractivity contribution in [3.63, 3.8) is 0 Å². The van der Waals surface area contributed by atoms with Crippen LogP contribution in [0.3, 0.4) is 0 Å². The number of benzene rings is 2. The lowest BCUT2D eigenvalue weighted by molar-refractivity contribution is -0.121. The van der Waals surface area contributed by atoms with Gasteiger partial charge in [0, 0.05) is 31.6 Å². The van der Waals surface area contributed by atoms with E-state index in [1.165, 1.54) is 18.2 Å².